The molecular formula is C28H34N2O4S. The second-order valence-corrected chi connectivity index (χ2v) is 11.1. The molecule has 1 atom stereocenters. The first kappa shape index (κ1) is 26.3. The number of ether oxygens (including phenoxy) is 1. The van der Waals surface area contributed by atoms with Gasteiger partial charge in [0.2, 0.25) is 0 Å². The van der Waals surface area contributed by atoms with Crippen LogP contribution in [0, 0.1) is 13.8 Å². The van der Waals surface area contributed by atoms with E-state index in [1.807, 2.05) is 26.8 Å². The predicted octanol–water partition coefficient (Wildman–Crippen LogP) is 5.75. The number of nitrogens with zero attached hydrogens (tertiary/aromatic N) is 1. The third-order valence-corrected chi connectivity index (χ3v) is 8.03. The number of nitrogens with one attached hydrogen (secondary N) is 1. The molecule has 0 fully saturated rings. The van der Waals surface area contributed by atoms with E-state index in [1.165, 1.54) is 11.4 Å². The van der Waals surface area contributed by atoms with Crippen molar-refractivity contribution in [3.63, 3.8) is 0 Å². The molecule has 3 rings (SSSR count). The predicted molar refractivity (Wildman–Crippen MR) is 141 cm³/mol. The topological polar surface area (TPSA) is 75.7 Å². The van der Waals surface area contributed by atoms with Gasteiger partial charge in [-0.1, -0.05) is 31.5 Å². The molecule has 3 aromatic carbocycles. The van der Waals surface area contributed by atoms with Crippen LogP contribution in [0.2, 0.25) is 0 Å². The van der Waals surface area contributed by atoms with Crippen molar-refractivity contribution >= 4 is 21.6 Å². The van der Waals surface area contributed by atoms with Crippen LogP contribution >= 0.6 is 0 Å². The molecular weight excluding hydrogens is 460 g/mol. The molecule has 0 saturated carbocycles. The maximum absolute atomic E-state index is 13.0. The number of aryl methyl sites for hydroxylation is 2. The molecule has 1 N–H and O–H groups in total. The summed E-state index contributed by atoms with van der Waals surface area (Å²) in [6.45, 7) is 10.1. The third kappa shape index (κ3) is 5.68. The Bertz CT molecular complexity index is 1300. The Balaban J connectivity index is 1.77. The summed E-state index contributed by atoms with van der Waals surface area (Å²) in [6, 6.07) is 17.2. The Morgan fingerprint density at radius 3 is 2.06 bits per heavy atom. The normalized spacial score (nSPS) is 12.3. The molecule has 0 spiro atoms. The summed E-state index contributed by atoms with van der Waals surface area (Å²) >= 11 is 0. The van der Waals surface area contributed by atoms with Crippen LogP contribution in [0.3, 0.4) is 0 Å². The highest BCUT2D eigenvalue weighted by Crippen LogP contribution is 2.32. The van der Waals surface area contributed by atoms with Crippen LogP contribution in [0.1, 0.15) is 65.3 Å². The number of benzene rings is 3. The summed E-state index contributed by atoms with van der Waals surface area (Å²) < 4.78 is 32.7. The maximum Gasteiger partial charge on any atom is 0.264 e. The fourth-order valence-corrected chi connectivity index (χ4v) is 5.19. The maximum atomic E-state index is 13.0. The van der Waals surface area contributed by atoms with Gasteiger partial charge in [0.1, 0.15) is 5.75 Å². The monoisotopic (exact) mass is 494 g/mol. The van der Waals surface area contributed by atoms with Gasteiger partial charge < -0.3 is 10.1 Å². The average molecular weight is 495 g/mol. The first-order valence-corrected chi connectivity index (χ1v) is 13.0. The molecule has 7 heteroatoms. The van der Waals surface area contributed by atoms with Crippen molar-refractivity contribution in [2.45, 2.75) is 51.5 Å². The Labute approximate surface area is 209 Å². The molecule has 0 bridgehead atoms. The van der Waals surface area contributed by atoms with Crippen LogP contribution in [0.25, 0.3) is 0 Å². The minimum Gasteiger partial charge on any atom is -0.496 e. The largest absolute Gasteiger partial charge is 0.496 e. The number of hydrogen-bond donors (Lipinski definition) is 1. The molecule has 0 unspecified atom stereocenters. The van der Waals surface area contributed by atoms with Crippen LogP contribution in [0.5, 0.6) is 5.75 Å². The lowest BCUT2D eigenvalue weighted by molar-refractivity contribution is 0.0940. The summed E-state index contributed by atoms with van der Waals surface area (Å²) in [7, 11) is -0.526. The van der Waals surface area contributed by atoms with Gasteiger partial charge in [-0.05, 0) is 91.9 Å². The van der Waals surface area contributed by atoms with E-state index in [1.54, 1.807) is 55.6 Å². The molecule has 0 aliphatic rings. The molecule has 0 aromatic heterocycles. The molecule has 1 amide bonds. The molecule has 0 saturated heterocycles. The van der Waals surface area contributed by atoms with Crippen LogP contribution in [-0.4, -0.2) is 28.5 Å². The van der Waals surface area contributed by atoms with E-state index >= 15 is 0 Å². The van der Waals surface area contributed by atoms with E-state index in [0.717, 1.165) is 28.0 Å². The van der Waals surface area contributed by atoms with Crippen molar-refractivity contribution in [1.29, 1.82) is 0 Å². The highest BCUT2D eigenvalue weighted by atomic mass is 32.2. The van der Waals surface area contributed by atoms with Gasteiger partial charge in [-0.2, -0.15) is 0 Å². The minimum atomic E-state index is -3.70. The van der Waals surface area contributed by atoms with E-state index in [-0.39, 0.29) is 22.8 Å². The van der Waals surface area contributed by atoms with Gasteiger partial charge in [-0.3, -0.25) is 9.10 Å². The number of hydrogen-bond acceptors (Lipinski definition) is 4. The first-order chi connectivity index (χ1) is 16.4. The van der Waals surface area contributed by atoms with Gasteiger partial charge in [-0.25, -0.2) is 8.42 Å². The number of anilines is 1. The first-order valence-electron chi connectivity index (χ1n) is 11.6. The SMILES string of the molecule is COc1cc(C)c([C@@H](C)NC(=O)c2ccc(N(C)S(=O)(=O)c3ccc(C)cc3)cc2)cc1C(C)C. The highest BCUT2D eigenvalue weighted by molar-refractivity contribution is 7.92. The number of carbonyl (C=O) groups excluding carboxylic acids is 1. The molecule has 35 heavy (non-hydrogen) atoms. The summed E-state index contributed by atoms with van der Waals surface area (Å²) in [5.41, 5.74) is 5.08. The van der Waals surface area contributed by atoms with Gasteiger partial charge in [0.25, 0.3) is 15.9 Å². The second kappa shape index (κ2) is 10.5. The summed E-state index contributed by atoms with van der Waals surface area (Å²) in [6.07, 6.45) is 0. The molecule has 0 aliphatic carbocycles. The lowest BCUT2D eigenvalue weighted by Crippen LogP contribution is -2.28. The molecule has 0 aliphatic heterocycles. The Morgan fingerprint density at radius 1 is 0.914 bits per heavy atom. The molecule has 6 nitrogen and oxygen atoms in total. The van der Waals surface area contributed by atoms with Crippen LogP contribution < -0.4 is 14.4 Å². The second-order valence-electron chi connectivity index (χ2n) is 9.13. The zero-order chi connectivity index (χ0) is 25.9. The van der Waals surface area contributed by atoms with E-state index < -0.39 is 10.0 Å². The van der Waals surface area contributed by atoms with Gasteiger partial charge in [-0.15, -0.1) is 0 Å². The van der Waals surface area contributed by atoms with Crippen molar-refractivity contribution in [1.82, 2.24) is 5.32 Å². The quantitative estimate of drug-likeness (QED) is 0.433. The average Bonchev–Trinajstić information content (AvgIpc) is 2.83. The fourth-order valence-electron chi connectivity index (χ4n) is 4.00. The Morgan fingerprint density at radius 2 is 1.51 bits per heavy atom. The zero-order valence-electron chi connectivity index (χ0n) is 21.4. The zero-order valence-corrected chi connectivity index (χ0v) is 22.2. The van der Waals surface area contributed by atoms with Crippen LogP contribution in [0.4, 0.5) is 5.69 Å². The molecule has 3 aromatic rings. The molecule has 186 valence electrons. The highest BCUT2D eigenvalue weighted by Gasteiger charge is 2.22. The van der Waals surface area contributed by atoms with Crippen molar-refractivity contribution in [3.05, 3.63) is 88.5 Å². The van der Waals surface area contributed by atoms with Gasteiger partial charge >= 0.3 is 0 Å². The summed E-state index contributed by atoms with van der Waals surface area (Å²) in [5, 5.41) is 3.06. The van der Waals surface area contributed by atoms with E-state index in [9.17, 15) is 13.2 Å². The number of carbonyl (C=O) groups is 1. The smallest absolute Gasteiger partial charge is 0.264 e. The lowest BCUT2D eigenvalue weighted by atomic mass is 9.93. The van der Waals surface area contributed by atoms with Crippen LogP contribution in [-0.2, 0) is 10.0 Å². The standard InChI is InChI=1S/C28H34N2O4S/c1-18(2)25-17-26(20(4)16-27(25)34-7)21(5)29-28(31)22-10-12-23(13-11-22)30(6)35(32,33)24-14-8-19(3)9-15-24/h8-18,21H,1-7H3,(H,29,31)/t21-/m1/s1. The summed E-state index contributed by atoms with van der Waals surface area (Å²) in [4.78, 5) is 13.2. The van der Waals surface area contributed by atoms with Crippen molar-refractivity contribution in [2.24, 2.45) is 0 Å². The van der Waals surface area contributed by atoms with Crippen LogP contribution in [0.15, 0.2) is 65.6 Å². The van der Waals surface area contributed by atoms with Crippen molar-refractivity contribution in [2.75, 3.05) is 18.5 Å². The van der Waals surface area contributed by atoms with Gasteiger partial charge in [0, 0.05) is 12.6 Å². The van der Waals surface area contributed by atoms with Crippen molar-refractivity contribution in [3.8, 4) is 5.75 Å². The third-order valence-electron chi connectivity index (χ3n) is 6.23. The number of methoxy groups -OCH3 is 1. The van der Waals surface area contributed by atoms with E-state index in [4.69, 9.17) is 4.74 Å². The molecule has 0 radical (unpaired) electrons. The number of sulfonamides is 1. The molecule has 0 heterocycles. The van der Waals surface area contributed by atoms with Crippen molar-refractivity contribution < 1.29 is 17.9 Å². The lowest BCUT2D eigenvalue weighted by Gasteiger charge is -2.22. The van der Waals surface area contributed by atoms with Gasteiger partial charge in [0.05, 0.1) is 23.7 Å². The summed E-state index contributed by atoms with van der Waals surface area (Å²) in [5.74, 6) is 0.905. The fraction of sp³-hybridized carbons (Fsp3) is 0.321. The Hall–Kier alpha value is -3.32. The number of rotatable bonds is 8. The number of amides is 1. The van der Waals surface area contributed by atoms with Gasteiger partial charge in [0.15, 0.2) is 0 Å². The van der Waals surface area contributed by atoms with E-state index in [2.05, 4.69) is 25.2 Å². The Kier molecular flexibility index (Phi) is 7.90. The van der Waals surface area contributed by atoms with E-state index in [0.29, 0.717) is 11.3 Å². The minimum absolute atomic E-state index is 0.213.